The topological polar surface area (TPSA) is 12.9 Å². The van der Waals surface area contributed by atoms with Crippen LogP contribution in [0, 0.1) is 12.7 Å². The molecular weight excluding hydrogens is 116 g/mol. The highest BCUT2D eigenvalue weighted by atomic mass is 19.1. The first-order valence-electron chi connectivity index (χ1n) is 2.58. The fraction of sp³-hybridized carbons (Fsp3) is 0.167. The van der Waals surface area contributed by atoms with Crippen molar-refractivity contribution in [1.82, 2.24) is 4.98 Å². The van der Waals surface area contributed by atoms with Gasteiger partial charge in [0.2, 0.25) is 0 Å². The molecule has 0 bridgehead atoms. The van der Waals surface area contributed by atoms with Gasteiger partial charge in [0.25, 0.3) is 0 Å². The van der Waals surface area contributed by atoms with E-state index in [0.717, 1.165) is 0 Å². The molecule has 1 heterocycles. The number of hydrogen-bond acceptors (Lipinski definition) is 1. The summed E-state index contributed by atoms with van der Waals surface area (Å²) in [5, 5.41) is 0. The van der Waals surface area contributed by atoms with Crippen molar-refractivity contribution in [3.05, 3.63) is 23.8 Å². The Kier molecular flexibility index (Phi) is 1.51. The second kappa shape index (κ2) is 2.17. The molecule has 1 aromatic rings. The number of halogens is 1. The summed E-state index contributed by atoms with van der Waals surface area (Å²) in [5.41, 5.74) is 0.498. The smallest absolute Gasteiger partial charge is 0.137 e. The second-order valence-electron chi connectivity index (χ2n) is 1.80. The van der Waals surface area contributed by atoms with Gasteiger partial charge in [0.05, 0.1) is 5.69 Å². The van der Waals surface area contributed by atoms with Crippen molar-refractivity contribution in [2.45, 2.75) is 6.92 Å². The standard InChI is InChI=1S/C6H5BFN/c1-4-6(8)5(7)2-3-9-4/h2-3H,1H3. The predicted octanol–water partition coefficient (Wildman–Crippen LogP) is 0.323. The Morgan fingerprint density at radius 2 is 2.33 bits per heavy atom. The van der Waals surface area contributed by atoms with E-state index in [1.807, 2.05) is 0 Å². The summed E-state index contributed by atoms with van der Waals surface area (Å²) in [5.74, 6) is -0.419. The molecule has 0 spiro atoms. The maximum Gasteiger partial charge on any atom is 0.137 e. The highest BCUT2D eigenvalue weighted by Crippen LogP contribution is 1.94. The minimum Gasteiger partial charge on any atom is -0.259 e. The van der Waals surface area contributed by atoms with E-state index in [1.54, 1.807) is 6.92 Å². The van der Waals surface area contributed by atoms with Crippen molar-refractivity contribution in [2.24, 2.45) is 0 Å². The zero-order valence-electron chi connectivity index (χ0n) is 5.06. The minimum absolute atomic E-state index is 0.155. The molecule has 0 atom stereocenters. The molecule has 0 aromatic carbocycles. The van der Waals surface area contributed by atoms with Gasteiger partial charge in [0.15, 0.2) is 0 Å². The molecule has 2 radical (unpaired) electrons. The van der Waals surface area contributed by atoms with Crippen LogP contribution in [0.15, 0.2) is 12.3 Å². The Balaban J connectivity index is 3.25. The summed E-state index contributed by atoms with van der Waals surface area (Å²) < 4.78 is 12.5. The number of pyridine rings is 1. The van der Waals surface area contributed by atoms with E-state index in [-0.39, 0.29) is 5.46 Å². The van der Waals surface area contributed by atoms with E-state index >= 15 is 0 Å². The average molecular weight is 121 g/mol. The van der Waals surface area contributed by atoms with Crippen molar-refractivity contribution in [3.8, 4) is 0 Å². The first kappa shape index (κ1) is 6.27. The molecule has 0 N–H and O–H groups in total. The SMILES string of the molecule is [B]c1ccnc(C)c1F. The van der Waals surface area contributed by atoms with Gasteiger partial charge in [-0.3, -0.25) is 4.98 Å². The van der Waals surface area contributed by atoms with Gasteiger partial charge in [-0.15, -0.1) is 0 Å². The quantitative estimate of drug-likeness (QED) is 0.450. The van der Waals surface area contributed by atoms with Gasteiger partial charge in [-0.05, 0) is 13.0 Å². The molecule has 3 heteroatoms. The molecule has 1 aromatic heterocycles. The van der Waals surface area contributed by atoms with Crippen molar-refractivity contribution in [3.63, 3.8) is 0 Å². The maximum absolute atomic E-state index is 12.5. The van der Waals surface area contributed by atoms with Gasteiger partial charge in [-0.1, -0.05) is 5.46 Å². The van der Waals surface area contributed by atoms with Gasteiger partial charge in [0, 0.05) is 6.20 Å². The molecule has 9 heavy (non-hydrogen) atoms. The summed E-state index contributed by atoms with van der Waals surface area (Å²) in [6.45, 7) is 1.58. The van der Waals surface area contributed by atoms with Gasteiger partial charge >= 0.3 is 0 Å². The molecule has 0 saturated heterocycles. The maximum atomic E-state index is 12.5. The Bertz CT molecular complexity index is 204. The second-order valence-corrected chi connectivity index (χ2v) is 1.80. The molecule has 1 rings (SSSR count). The molecule has 0 aliphatic rings. The fourth-order valence-corrected chi connectivity index (χ4v) is 0.568. The third-order valence-corrected chi connectivity index (χ3v) is 1.09. The number of aryl methyl sites for hydroxylation is 1. The minimum atomic E-state index is -0.419. The van der Waals surface area contributed by atoms with Gasteiger partial charge in [-0.2, -0.15) is 0 Å². The Morgan fingerprint density at radius 1 is 1.67 bits per heavy atom. The molecule has 0 amide bonds. The van der Waals surface area contributed by atoms with Crippen LogP contribution in [0.25, 0.3) is 0 Å². The largest absolute Gasteiger partial charge is 0.259 e. The number of nitrogens with zero attached hydrogens (tertiary/aromatic N) is 1. The molecule has 0 saturated carbocycles. The number of aromatic nitrogens is 1. The number of hydrogen-bond donors (Lipinski definition) is 0. The highest BCUT2D eigenvalue weighted by Gasteiger charge is 1.97. The average Bonchev–Trinajstić information content (AvgIpc) is 1.83. The summed E-state index contributed by atoms with van der Waals surface area (Å²) in [6, 6.07) is 1.43. The van der Waals surface area contributed by atoms with Crippen LogP contribution in [0.5, 0.6) is 0 Å². The summed E-state index contributed by atoms with van der Waals surface area (Å²) in [6.07, 6.45) is 1.48. The molecule has 44 valence electrons. The van der Waals surface area contributed by atoms with Crippen LogP contribution in [0.3, 0.4) is 0 Å². The fourth-order valence-electron chi connectivity index (χ4n) is 0.568. The third-order valence-electron chi connectivity index (χ3n) is 1.09. The van der Waals surface area contributed by atoms with Gasteiger partial charge < -0.3 is 0 Å². The Labute approximate surface area is 54.3 Å². The van der Waals surface area contributed by atoms with Gasteiger partial charge in [-0.25, -0.2) is 4.39 Å². The zero-order valence-corrected chi connectivity index (χ0v) is 5.06. The van der Waals surface area contributed by atoms with Crippen molar-refractivity contribution < 1.29 is 4.39 Å². The van der Waals surface area contributed by atoms with Crippen molar-refractivity contribution >= 4 is 13.3 Å². The molecule has 0 unspecified atom stereocenters. The highest BCUT2D eigenvalue weighted by molar-refractivity contribution is 6.32. The van der Waals surface area contributed by atoms with E-state index in [4.69, 9.17) is 7.85 Å². The van der Waals surface area contributed by atoms with Crippen LogP contribution < -0.4 is 5.46 Å². The first-order chi connectivity index (χ1) is 4.22. The van der Waals surface area contributed by atoms with E-state index in [1.165, 1.54) is 12.3 Å². The van der Waals surface area contributed by atoms with Crippen molar-refractivity contribution in [2.75, 3.05) is 0 Å². The van der Waals surface area contributed by atoms with E-state index in [9.17, 15) is 4.39 Å². The third kappa shape index (κ3) is 1.09. The van der Waals surface area contributed by atoms with Crippen LogP contribution in [0.4, 0.5) is 4.39 Å². The van der Waals surface area contributed by atoms with Crippen LogP contribution in [0.2, 0.25) is 0 Å². The first-order valence-corrected chi connectivity index (χ1v) is 2.58. The van der Waals surface area contributed by atoms with E-state index in [2.05, 4.69) is 4.98 Å². The molecular formula is C6H5BFN. The Morgan fingerprint density at radius 3 is 2.78 bits per heavy atom. The molecule has 0 aliphatic heterocycles. The number of rotatable bonds is 0. The summed E-state index contributed by atoms with van der Waals surface area (Å²) in [4.78, 5) is 3.68. The monoisotopic (exact) mass is 121 g/mol. The summed E-state index contributed by atoms with van der Waals surface area (Å²) >= 11 is 0. The van der Waals surface area contributed by atoms with E-state index < -0.39 is 5.82 Å². The lowest BCUT2D eigenvalue weighted by atomic mass is 9.96. The summed E-state index contributed by atoms with van der Waals surface area (Å²) in [7, 11) is 5.21. The Hall–Kier alpha value is -0.855. The van der Waals surface area contributed by atoms with Crippen molar-refractivity contribution in [1.29, 1.82) is 0 Å². The van der Waals surface area contributed by atoms with Crippen LogP contribution in [-0.4, -0.2) is 12.8 Å². The predicted molar refractivity (Wildman–Crippen MR) is 34.3 cm³/mol. The zero-order chi connectivity index (χ0) is 6.85. The molecule has 0 fully saturated rings. The van der Waals surface area contributed by atoms with E-state index in [0.29, 0.717) is 5.69 Å². The van der Waals surface area contributed by atoms with Crippen LogP contribution in [-0.2, 0) is 0 Å². The lowest BCUT2D eigenvalue weighted by Gasteiger charge is -1.96. The normalized spacial score (nSPS) is 9.56. The molecule has 1 nitrogen and oxygen atoms in total. The van der Waals surface area contributed by atoms with Crippen LogP contribution in [0.1, 0.15) is 5.69 Å². The lowest BCUT2D eigenvalue weighted by Crippen LogP contribution is -2.10. The molecule has 0 aliphatic carbocycles. The lowest BCUT2D eigenvalue weighted by molar-refractivity contribution is 0.618. The van der Waals surface area contributed by atoms with Gasteiger partial charge in [0.1, 0.15) is 13.7 Å². The van der Waals surface area contributed by atoms with Crippen LogP contribution >= 0.6 is 0 Å².